The van der Waals surface area contributed by atoms with Crippen molar-refractivity contribution in [3.05, 3.63) is 0 Å². The molecule has 9 atom stereocenters. The van der Waals surface area contributed by atoms with Crippen molar-refractivity contribution < 1.29 is 23.9 Å². The average Bonchev–Trinajstić information content (AvgIpc) is 3.05. The third-order valence-electron chi connectivity index (χ3n) is 9.44. The maximum Gasteiger partial charge on any atom is 0.302 e. The van der Waals surface area contributed by atoms with E-state index in [2.05, 4.69) is 19.0 Å². The van der Waals surface area contributed by atoms with E-state index in [9.17, 15) is 9.59 Å². The fourth-order valence-electron chi connectivity index (χ4n) is 8.49. The molecule has 4 aliphatic carbocycles. The summed E-state index contributed by atoms with van der Waals surface area (Å²) in [6.07, 6.45) is 8.72. The zero-order chi connectivity index (χ0) is 20.6. The van der Waals surface area contributed by atoms with Crippen molar-refractivity contribution in [1.82, 2.24) is 5.06 Å². The Kier molecular flexibility index (Phi) is 4.56. The highest BCUT2D eigenvalue weighted by Gasteiger charge is 2.67. The van der Waals surface area contributed by atoms with Crippen LogP contribution in [0.5, 0.6) is 0 Å². The van der Waals surface area contributed by atoms with E-state index in [4.69, 9.17) is 14.3 Å². The normalized spacial score (nSPS) is 51.0. The fourth-order valence-corrected chi connectivity index (χ4v) is 8.49. The quantitative estimate of drug-likeness (QED) is 0.656. The molecule has 0 spiro atoms. The molecule has 1 heterocycles. The van der Waals surface area contributed by atoms with E-state index in [-0.39, 0.29) is 41.2 Å². The van der Waals surface area contributed by atoms with Crippen LogP contribution in [0.3, 0.4) is 0 Å². The third-order valence-corrected chi connectivity index (χ3v) is 9.44. The lowest BCUT2D eigenvalue weighted by atomic mass is 9.48. The lowest BCUT2D eigenvalue weighted by Crippen LogP contribution is -2.61. The van der Waals surface area contributed by atoms with Crippen molar-refractivity contribution in [3.63, 3.8) is 0 Å². The van der Waals surface area contributed by atoms with Crippen LogP contribution in [0, 0.1) is 29.1 Å². The second-order valence-electron chi connectivity index (χ2n) is 10.6. The number of ether oxygens (including phenoxy) is 2. The van der Waals surface area contributed by atoms with Gasteiger partial charge in [0.15, 0.2) is 0 Å². The van der Waals surface area contributed by atoms with E-state index < -0.39 is 0 Å². The highest BCUT2D eigenvalue weighted by molar-refractivity contribution is 5.66. The number of hydrogen-bond acceptors (Lipinski definition) is 6. The van der Waals surface area contributed by atoms with Crippen LogP contribution in [0.4, 0.5) is 0 Å². The maximum absolute atomic E-state index is 11.6. The predicted octanol–water partition coefficient (Wildman–Crippen LogP) is 3.48. The molecule has 162 valence electrons. The van der Waals surface area contributed by atoms with Crippen LogP contribution in [0.2, 0.25) is 0 Å². The molecule has 0 amide bonds. The van der Waals surface area contributed by atoms with E-state index in [0.29, 0.717) is 23.7 Å². The van der Waals surface area contributed by atoms with Gasteiger partial charge < -0.3 is 9.47 Å². The molecule has 0 N–H and O–H groups in total. The van der Waals surface area contributed by atoms with E-state index in [1.165, 1.54) is 26.2 Å². The number of fused-ring (bicyclic) bond motifs is 3. The van der Waals surface area contributed by atoms with Gasteiger partial charge in [-0.2, -0.15) is 5.06 Å². The van der Waals surface area contributed by atoms with Gasteiger partial charge >= 0.3 is 11.9 Å². The molecule has 1 saturated heterocycles. The van der Waals surface area contributed by atoms with Crippen molar-refractivity contribution in [2.45, 2.75) is 96.0 Å². The molecule has 0 radical (unpaired) electrons. The van der Waals surface area contributed by atoms with Crippen LogP contribution >= 0.6 is 0 Å². The van der Waals surface area contributed by atoms with Gasteiger partial charge in [0.05, 0.1) is 11.6 Å². The molecule has 6 nitrogen and oxygen atoms in total. The van der Waals surface area contributed by atoms with Crippen LogP contribution in [0.1, 0.15) is 72.1 Å². The van der Waals surface area contributed by atoms with Crippen LogP contribution in [-0.2, 0) is 23.9 Å². The highest BCUT2D eigenvalue weighted by atomic mass is 16.7. The molecule has 1 aliphatic heterocycles. The molecule has 5 rings (SSSR count). The molecular formula is C23H35NO5. The number of carbonyl (C=O) groups is 2. The number of nitrogens with zero attached hydrogens (tertiary/aromatic N) is 1. The molecule has 4 saturated carbocycles. The Labute approximate surface area is 173 Å². The van der Waals surface area contributed by atoms with Gasteiger partial charge in [-0.3, -0.25) is 14.4 Å². The van der Waals surface area contributed by atoms with Crippen LogP contribution < -0.4 is 0 Å². The number of rotatable bonds is 2. The van der Waals surface area contributed by atoms with E-state index in [1.54, 1.807) is 6.92 Å². The number of hydroxylamine groups is 2. The Bertz CT molecular complexity index is 711. The summed E-state index contributed by atoms with van der Waals surface area (Å²) in [6, 6.07) is 0. The van der Waals surface area contributed by atoms with Gasteiger partial charge in [0.1, 0.15) is 12.2 Å². The number of esters is 2. The van der Waals surface area contributed by atoms with Crippen molar-refractivity contribution >= 4 is 11.9 Å². The van der Waals surface area contributed by atoms with Gasteiger partial charge in [-0.25, -0.2) is 0 Å². The van der Waals surface area contributed by atoms with Crippen molar-refractivity contribution in [3.8, 4) is 0 Å². The minimum absolute atomic E-state index is 0.00579. The van der Waals surface area contributed by atoms with Crippen molar-refractivity contribution in [1.29, 1.82) is 0 Å². The van der Waals surface area contributed by atoms with E-state index in [1.807, 2.05) is 0 Å². The fraction of sp³-hybridized carbons (Fsp3) is 0.913. The highest BCUT2D eigenvalue weighted by Crippen LogP contribution is 2.66. The van der Waals surface area contributed by atoms with Gasteiger partial charge in [0.25, 0.3) is 0 Å². The summed E-state index contributed by atoms with van der Waals surface area (Å²) in [4.78, 5) is 29.6. The van der Waals surface area contributed by atoms with Gasteiger partial charge in [-0.05, 0) is 56.3 Å². The molecular weight excluding hydrogens is 370 g/mol. The molecule has 0 aromatic rings. The minimum Gasteiger partial charge on any atom is -0.462 e. The summed E-state index contributed by atoms with van der Waals surface area (Å²) in [5.74, 6) is 2.19. The summed E-state index contributed by atoms with van der Waals surface area (Å²) < 4.78 is 11.4. The Morgan fingerprint density at radius 1 is 1.00 bits per heavy atom. The summed E-state index contributed by atoms with van der Waals surface area (Å²) in [6.45, 7) is 5.42. The minimum atomic E-state index is -0.184. The first-order valence-corrected chi connectivity index (χ1v) is 11.5. The topological polar surface area (TPSA) is 65.1 Å². The largest absolute Gasteiger partial charge is 0.462 e. The number of carbonyl (C=O) groups excluding carboxylic acids is 2. The Balaban J connectivity index is 1.40. The smallest absolute Gasteiger partial charge is 0.302 e. The third kappa shape index (κ3) is 2.81. The zero-order valence-corrected chi connectivity index (χ0v) is 18.2. The molecule has 6 heteroatoms. The van der Waals surface area contributed by atoms with Gasteiger partial charge in [-0.15, -0.1) is 0 Å². The monoisotopic (exact) mass is 405 g/mol. The zero-order valence-electron chi connectivity index (χ0n) is 18.2. The van der Waals surface area contributed by atoms with Crippen LogP contribution in [-0.4, -0.2) is 47.9 Å². The molecule has 0 aromatic carbocycles. The maximum atomic E-state index is 11.6. The van der Waals surface area contributed by atoms with E-state index in [0.717, 1.165) is 32.1 Å². The second-order valence-corrected chi connectivity index (χ2v) is 10.6. The van der Waals surface area contributed by atoms with Crippen LogP contribution in [0.25, 0.3) is 0 Å². The molecule has 5 fully saturated rings. The first-order chi connectivity index (χ1) is 13.7. The van der Waals surface area contributed by atoms with Gasteiger partial charge in [0, 0.05) is 45.1 Å². The SMILES string of the molecule is CC(=O)O[C@H]1C[C@H]2ON(C)[C@@]3(CC[C@@H]4[C@H](CC[C@]5(C)[C@@H](OC(C)=O)CC[C@@H]45)[C@@H]23)C1. The molecule has 5 aliphatic rings. The lowest BCUT2D eigenvalue weighted by molar-refractivity contribution is -0.170. The Hall–Kier alpha value is -1.14. The summed E-state index contributed by atoms with van der Waals surface area (Å²) in [5, 5.41) is 2.13. The average molecular weight is 406 g/mol. The summed E-state index contributed by atoms with van der Waals surface area (Å²) in [5.41, 5.74) is 0.129. The second kappa shape index (κ2) is 6.68. The predicted molar refractivity (Wildman–Crippen MR) is 105 cm³/mol. The van der Waals surface area contributed by atoms with Crippen molar-refractivity contribution in [2.75, 3.05) is 7.05 Å². The molecule has 0 aromatic heterocycles. The van der Waals surface area contributed by atoms with E-state index >= 15 is 0 Å². The molecule has 2 bridgehead atoms. The van der Waals surface area contributed by atoms with Gasteiger partial charge in [-0.1, -0.05) is 6.92 Å². The Morgan fingerprint density at radius 2 is 1.72 bits per heavy atom. The summed E-state index contributed by atoms with van der Waals surface area (Å²) >= 11 is 0. The molecule has 0 unspecified atom stereocenters. The first-order valence-electron chi connectivity index (χ1n) is 11.5. The Morgan fingerprint density at radius 3 is 2.45 bits per heavy atom. The standard InChI is InChI=1S/C23H35NO5/c1-13(25)27-15-11-19-21-17-7-9-22(3)18(5-6-20(22)28-14(2)26)16(17)8-10-23(21,12-15)24(4)29-19/h15-21H,5-12H2,1-4H3/t15-,16+,17-,18-,19+,20-,21-,22-,23-/m0/s1. The van der Waals surface area contributed by atoms with Crippen molar-refractivity contribution in [2.24, 2.45) is 29.1 Å². The first kappa shape index (κ1) is 19.8. The van der Waals surface area contributed by atoms with Crippen LogP contribution in [0.15, 0.2) is 0 Å². The van der Waals surface area contributed by atoms with Gasteiger partial charge in [0.2, 0.25) is 0 Å². The lowest BCUT2D eigenvalue weighted by Gasteiger charge is -2.58. The molecule has 29 heavy (non-hydrogen) atoms. The summed E-state index contributed by atoms with van der Waals surface area (Å²) in [7, 11) is 2.09. The number of hydrogen-bond donors (Lipinski definition) is 0.